The Hall–Kier alpha value is -2.62. The molecule has 0 saturated carbocycles. The SMILES string of the molecule is O=C(O)c1ccc(N2CCCC2)cc1C(=O)c1ccccc1. The van der Waals surface area contributed by atoms with E-state index in [4.69, 9.17) is 0 Å². The first kappa shape index (κ1) is 14.3. The molecule has 0 amide bonds. The molecule has 0 bridgehead atoms. The van der Waals surface area contributed by atoms with Crippen LogP contribution in [0.1, 0.15) is 39.1 Å². The molecule has 1 heterocycles. The minimum atomic E-state index is -1.08. The van der Waals surface area contributed by atoms with Crippen LogP contribution in [-0.4, -0.2) is 29.9 Å². The number of benzene rings is 2. The third-order valence-corrected chi connectivity index (χ3v) is 3.99. The molecule has 22 heavy (non-hydrogen) atoms. The van der Waals surface area contributed by atoms with Crippen LogP contribution in [0.4, 0.5) is 5.69 Å². The van der Waals surface area contributed by atoms with Crippen molar-refractivity contribution in [2.75, 3.05) is 18.0 Å². The second-order valence-electron chi connectivity index (χ2n) is 5.42. The fourth-order valence-electron chi connectivity index (χ4n) is 2.82. The van der Waals surface area contributed by atoms with Gasteiger partial charge in [-0.15, -0.1) is 0 Å². The van der Waals surface area contributed by atoms with Gasteiger partial charge in [-0.1, -0.05) is 30.3 Å². The van der Waals surface area contributed by atoms with E-state index in [1.807, 2.05) is 6.07 Å². The molecule has 0 spiro atoms. The minimum absolute atomic E-state index is 0.0526. The number of carboxylic acid groups (broad SMARTS) is 1. The number of nitrogens with zero attached hydrogens (tertiary/aromatic N) is 1. The van der Waals surface area contributed by atoms with Crippen molar-refractivity contribution in [3.05, 3.63) is 65.2 Å². The van der Waals surface area contributed by atoms with Crippen LogP contribution in [0.15, 0.2) is 48.5 Å². The van der Waals surface area contributed by atoms with Crippen LogP contribution in [0.25, 0.3) is 0 Å². The van der Waals surface area contributed by atoms with Gasteiger partial charge in [-0.3, -0.25) is 4.79 Å². The molecule has 2 aromatic rings. The van der Waals surface area contributed by atoms with Crippen LogP contribution in [0.5, 0.6) is 0 Å². The summed E-state index contributed by atoms with van der Waals surface area (Å²) in [7, 11) is 0. The zero-order valence-corrected chi connectivity index (χ0v) is 12.2. The molecule has 1 aliphatic heterocycles. The van der Waals surface area contributed by atoms with E-state index in [9.17, 15) is 14.7 Å². The molecular formula is C18H17NO3. The molecule has 0 aliphatic carbocycles. The summed E-state index contributed by atoms with van der Waals surface area (Å²) in [6, 6.07) is 13.8. The standard InChI is InChI=1S/C18H17NO3/c20-17(13-6-2-1-3-7-13)16-12-14(19-10-4-5-11-19)8-9-15(16)18(21)22/h1-3,6-9,12H,4-5,10-11H2,(H,21,22). The van der Waals surface area contributed by atoms with Crippen LogP contribution in [-0.2, 0) is 0 Å². The van der Waals surface area contributed by atoms with Crippen molar-refractivity contribution in [1.82, 2.24) is 0 Å². The second-order valence-corrected chi connectivity index (χ2v) is 5.42. The van der Waals surface area contributed by atoms with Gasteiger partial charge in [0.15, 0.2) is 5.78 Å². The lowest BCUT2D eigenvalue weighted by atomic mass is 9.97. The van der Waals surface area contributed by atoms with Crippen LogP contribution in [0.3, 0.4) is 0 Å². The number of anilines is 1. The fraction of sp³-hybridized carbons (Fsp3) is 0.222. The maximum absolute atomic E-state index is 12.7. The number of rotatable bonds is 4. The monoisotopic (exact) mass is 295 g/mol. The Bertz CT molecular complexity index is 704. The van der Waals surface area contributed by atoms with Crippen molar-refractivity contribution in [1.29, 1.82) is 0 Å². The summed E-state index contributed by atoms with van der Waals surface area (Å²) >= 11 is 0. The van der Waals surface area contributed by atoms with Gasteiger partial charge in [-0.2, -0.15) is 0 Å². The molecule has 0 aromatic heterocycles. The molecular weight excluding hydrogens is 278 g/mol. The van der Waals surface area contributed by atoms with E-state index in [0.717, 1.165) is 31.6 Å². The summed E-state index contributed by atoms with van der Waals surface area (Å²) in [4.78, 5) is 26.3. The number of aromatic carboxylic acids is 1. The highest BCUT2D eigenvalue weighted by Gasteiger charge is 2.21. The van der Waals surface area contributed by atoms with Crippen LogP contribution in [0.2, 0.25) is 0 Å². The van der Waals surface area contributed by atoms with Gasteiger partial charge >= 0.3 is 5.97 Å². The lowest BCUT2D eigenvalue weighted by molar-refractivity contribution is 0.0693. The lowest BCUT2D eigenvalue weighted by Crippen LogP contribution is -2.19. The largest absolute Gasteiger partial charge is 0.478 e. The Morgan fingerprint density at radius 2 is 1.59 bits per heavy atom. The fourth-order valence-corrected chi connectivity index (χ4v) is 2.82. The second kappa shape index (κ2) is 6.02. The maximum Gasteiger partial charge on any atom is 0.336 e. The third-order valence-electron chi connectivity index (χ3n) is 3.99. The van der Waals surface area contributed by atoms with E-state index in [1.165, 1.54) is 6.07 Å². The molecule has 4 heteroatoms. The van der Waals surface area contributed by atoms with Gasteiger partial charge in [0.05, 0.1) is 5.56 Å². The summed E-state index contributed by atoms with van der Waals surface area (Å²) in [5, 5.41) is 9.35. The molecule has 2 aromatic carbocycles. The predicted molar refractivity (Wildman–Crippen MR) is 84.7 cm³/mol. The highest BCUT2D eigenvalue weighted by molar-refractivity contribution is 6.14. The van der Waals surface area contributed by atoms with Gasteiger partial charge < -0.3 is 10.0 Å². The normalized spacial score (nSPS) is 14.1. The average Bonchev–Trinajstić information content (AvgIpc) is 3.09. The van der Waals surface area contributed by atoms with E-state index in [1.54, 1.807) is 36.4 Å². The highest BCUT2D eigenvalue weighted by atomic mass is 16.4. The van der Waals surface area contributed by atoms with Gasteiger partial charge in [0, 0.05) is 29.9 Å². The van der Waals surface area contributed by atoms with Crippen molar-refractivity contribution in [3.8, 4) is 0 Å². The van der Waals surface area contributed by atoms with E-state index in [0.29, 0.717) is 5.56 Å². The van der Waals surface area contributed by atoms with Crippen molar-refractivity contribution in [2.45, 2.75) is 12.8 Å². The zero-order chi connectivity index (χ0) is 15.5. The lowest BCUT2D eigenvalue weighted by Gasteiger charge is -2.19. The number of carbonyl (C=O) groups is 2. The molecule has 1 saturated heterocycles. The van der Waals surface area contributed by atoms with Gasteiger partial charge in [0.2, 0.25) is 0 Å². The first-order chi connectivity index (χ1) is 10.7. The number of carbonyl (C=O) groups excluding carboxylic acids is 1. The predicted octanol–water partition coefficient (Wildman–Crippen LogP) is 3.22. The molecule has 0 atom stereocenters. The van der Waals surface area contributed by atoms with E-state index >= 15 is 0 Å². The number of hydrogen-bond acceptors (Lipinski definition) is 3. The molecule has 112 valence electrons. The van der Waals surface area contributed by atoms with Gasteiger partial charge in [0.1, 0.15) is 0 Å². The molecule has 1 N–H and O–H groups in total. The first-order valence-corrected chi connectivity index (χ1v) is 7.39. The first-order valence-electron chi connectivity index (χ1n) is 7.39. The Kier molecular flexibility index (Phi) is 3.92. The van der Waals surface area contributed by atoms with Crippen molar-refractivity contribution in [2.24, 2.45) is 0 Å². The topological polar surface area (TPSA) is 57.6 Å². The summed E-state index contributed by atoms with van der Waals surface area (Å²) in [6.07, 6.45) is 2.26. The van der Waals surface area contributed by atoms with Gasteiger partial charge in [0.25, 0.3) is 0 Å². The summed E-state index contributed by atoms with van der Waals surface area (Å²) < 4.78 is 0. The third kappa shape index (κ3) is 2.72. The summed E-state index contributed by atoms with van der Waals surface area (Å²) in [6.45, 7) is 1.90. The van der Waals surface area contributed by atoms with Gasteiger partial charge in [-0.05, 0) is 31.0 Å². The van der Waals surface area contributed by atoms with Crippen LogP contribution < -0.4 is 4.90 Å². The van der Waals surface area contributed by atoms with E-state index < -0.39 is 5.97 Å². The molecule has 4 nitrogen and oxygen atoms in total. The number of ketones is 1. The molecule has 3 rings (SSSR count). The van der Waals surface area contributed by atoms with Crippen molar-refractivity contribution in [3.63, 3.8) is 0 Å². The Morgan fingerprint density at radius 3 is 2.23 bits per heavy atom. The number of carboxylic acids is 1. The van der Waals surface area contributed by atoms with E-state index in [2.05, 4.69) is 4.90 Å². The Labute approximate surface area is 129 Å². The Morgan fingerprint density at radius 1 is 0.909 bits per heavy atom. The number of hydrogen-bond donors (Lipinski definition) is 1. The molecule has 0 unspecified atom stereocenters. The average molecular weight is 295 g/mol. The molecule has 0 radical (unpaired) electrons. The summed E-state index contributed by atoms with van der Waals surface area (Å²) in [5.74, 6) is -1.33. The highest BCUT2D eigenvalue weighted by Crippen LogP contribution is 2.25. The van der Waals surface area contributed by atoms with Crippen LogP contribution >= 0.6 is 0 Å². The smallest absolute Gasteiger partial charge is 0.336 e. The maximum atomic E-state index is 12.7. The summed E-state index contributed by atoms with van der Waals surface area (Å²) in [5.41, 5.74) is 1.73. The van der Waals surface area contributed by atoms with Gasteiger partial charge in [-0.25, -0.2) is 4.79 Å². The minimum Gasteiger partial charge on any atom is -0.478 e. The van der Waals surface area contributed by atoms with Crippen molar-refractivity contribution < 1.29 is 14.7 Å². The molecule has 1 fully saturated rings. The van der Waals surface area contributed by atoms with Crippen molar-refractivity contribution >= 4 is 17.4 Å². The quantitative estimate of drug-likeness (QED) is 0.880. The molecule has 1 aliphatic rings. The zero-order valence-electron chi connectivity index (χ0n) is 12.2. The van der Waals surface area contributed by atoms with E-state index in [-0.39, 0.29) is 16.9 Å². The van der Waals surface area contributed by atoms with Crippen LogP contribution in [0, 0.1) is 0 Å². The Balaban J connectivity index is 2.04.